The van der Waals surface area contributed by atoms with Crippen molar-refractivity contribution in [2.45, 2.75) is 20.0 Å². The Hall–Kier alpha value is -1.57. The van der Waals surface area contributed by atoms with Crippen LogP contribution in [0.15, 0.2) is 24.3 Å². The highest BCUT2D eigenvalue weighted by molar-refractivity contribution is 5.29. The van der Waals surface area contributed by atoms with Crippen molar-refractivity contribution in [2.24, 2.45) is 5.92 Å². The zero-order valence-corrected chi connectivity index (χ0v) is 11.8. The second-order valence-electron chi connectivity index (χ2n) is 4.67. The quantitative estimate of drug-likeness (QED) is 0.818. The Morgan fingerprint density at radius 3 is 2.74 bits per heavy atom. The minimum Gasteiger partial charge on any atom is -0.497 e. The molecule has 0 fully saturated rings. The van der Waals surface area contributed by atoms with Gasteiger partial charge >= 0.3 is 0 Å². The molecule has 4 heteroatoms. The van der Waals surface area contributed by atoms with Crippen molar-refractivity contribution in [3.63, 3.8) is 0 Å². The number of hydrogen-bond acceptors (Lipinski definition) is 4. The lowest BCUT2D eigenvalue weighted by atomic mass is 10.1. The Morgan fingerprint density at radius 2 is 2.16 bits per heavy atom. The van der Waals surface area contributed by atoms with E-state index < -0.39 is 6.10 Å². The van der Waals surface area contributed by atoms with Crippen LogP contribution in [0.25, 0.3) is 0 Å². The summed E-state index contributed by atoms with van der Waals surface area (Å²) in [6, 6.07) is 9.66. The van der Waals surface area contributed by atoms with E-state index in [4.69, 9.17) is 10.00 Å². The summed E-state index contributed by atoms with van der Waals surface area (Å²) in [7, 11) is 1.61. The van der Waals surface area contributed by atoms with E-state index in [1.165, 1.54) is 0 Å². The summed E-state index contributed by atoms with van der Waals surface area (Å²) >= 11 is 0. The number of nitriles is 1. The average molecular weight is 262 g/mol. The molecule has 0 radical (unpaired) electrons. The van der Waals surface area contributed by atoms with Crippen LogP contribution >= 0.6 is 0 Å². The van der Waals surface area contributed by atoms with Crippen LogP contribution < -0.4 is 4.74 Å². The van der Waals surface area contributed by atoms with E-state index in [2.05, 4.69) is 11.0 Å². The molecule has 0 heterocycles. The maximum atomic E-state index is 10.2. The summed E-state index contributed by atoms with van der Waals surface area (Å²) in [5.74, 6) is 0.711. The maximum Gasteiger partial charge on any atom is 0.119 e. The predicted octanol–water partition coefficient (Wildman–Crippen LogP) is 2.21. The van der Waals surface area contributed by atoms with Gasteiger partial charge in [0.2, 0.25) is 0 Å². The van der Waals surface area contributed by atoms with Gasteiger partial charge in [0.05, 0.1) is 25.2 Å². The number of aliphatic hydroxyl groups excluding tert-OH is 1. The number of hydrogen-bond donors (Lipinski definition) is 1. The van der Waals surface area contributed by atoms with E-state index in [1.807, 2.05) is 38.1 Å². The Bertz CT molecular complexity index is 428. The molecule has 1 aromatic rings. The molecule has 19 heavy (non-hydrogen) atoms. The Balaban J connectivity index is 2.66. The van der Waals surface area contributed by atoms with E-state index in [9.17, 15) is 5.11 Å². The van der Waals surface area contributed by atoms with Gasteiger partial charge < -0.3 is 9.84 Å². The van der Waals surface area contributed by atoms with Crippen molar-refractivity contribution in [1.29, 1.82) is 5.26 Å². The second kappa shape index (κ2) is 7.78. The summed E-state index contributed by atoms with van der Waals surface area (Å²) in [6.07, 6.45) is -0.569. The van der Waals surface area contributed by atoms with Crippen molar-refractivity contribution in [2.75, 3.05) is 26.7 Å². The summed E-state index contributed by atoms with van der Waals surface area (Å²) in [6.45, 7) is 5.93. The van der Waals surface area contributed by atoms with E-state index >= 15 is 0 Å². The molecule has 0 amide bonds. The minimum absolute atomic E-state index is 0.0301. The van der Waals surface area contributed by atoms with E-state index in [0.29, 0.717) is 13.1 Å². The number of ether oxygens (including phenoxy) is 1. The first-order valence-electron chi connectivity index (χ1n) is 6.54. The zero-order valence-electron chi connectivity index (χ0n) is 11.8. The fourth-order valence-corrected chi connectivity index (χ4v) is 1.96. The number of rotatable bonds is 7. The SMILES string of the molecule is CCN(CC(C)C#N)CC(O)c1cccc(OC)c1. The molecule has 0 aliphatic heterocycles. The second-order valence-corrected chi connectivity index (χ2v) is 4.67. The Kier molecular flexibility index (Phi) is 6.34. The highest BCUT2D eigenvalue weighted by Crippen LogP contribution is 2.20. The van der Waals surface area contributed by atoms with Crippen molar-refractivity contribution in [1.82, 2.24) is 4.90 Å². The van der Waals surface area contributed by atoms with Crippen LogP contribution in [0.5, 0.6) is 5.75 Å². The molecule has 0 saturated heterocycles. The molecular weight excluding hydrogens is 240 g/mol. The molecule has 104 valence electrons. The molecule has 0 aliphatic carbocycles. The zero-order chi connectivity index (χ0) is 14.3. The molecule has 0 saturated carbocycles. The summed E-state index contributed by atoms with van der Waals surface area (Å²) < 4.78 is 5.15. The molecule has 1 N–H and O–H groups in total. The monoisotopic (exact) mass is 262 g/mol. The molecule has 0 aromatic heterocycles. The average Bonchev–Trinajstić information content (AvgIpc) is 2.46. The van der Waals surface area contributed by atoms with Gasteiger partial charge in [-0.1, -0.05) is 19.1 Å². The van der Waals surface area contributed by atoms with Gasteiger partial charge in [0, 0.05) is 13.1 Å². The largest absolute Gasteiger partial charge is 0.497 e. The van der Waals surface area contributed by atoms with Gasteiger partial charge in [0.1, 0.15) is 5.75 Å². The number of likely N-dealkylation sites (N-methyl/N-ethyl adjacent to an activating group) is 1. The fourth-order valence-electron chi connectivity index (χ4n) is 1.96. The third-order valence-corrected chi connectivity index (χ3v) is 3.11. The van der Waals surface area contributed by atoms with Crippen molar-refractivity contribution in [3.05, 3.63) is 29.8 Å². The Morgan fingerprint density at radius 1 is 1.42 bits per heavy atom. The van der Waals surface area contributed by atoms with Gasteiger partial charge in [0.25, 0.3) is 0 Å². The minimum atomic E-state index is -0.569. The van der Waals surface area contributed by atoms with Crippen LogP contribution in [0.4, 0.5) is 0 Å². The summed E-state index contributed by atoms with van der Waals surface area (Å²) in [5, 5.41) is 19.1. The molecule has 0 aliphatic rings. The van der Waals surface area contributed by atoms with Gasteiger partial charge in [-0.3, -0.25) is 4.90 Å². The maximum absolute atomic E-state index is 10.2. The summed E-state index contributed by atoms with van der Waals surface area (Å²) in [4.78, 5) is 2.08. The van der Waals surface area contributed by atoms with E-state index in [0.717, 1.165) is 17.9 Å². The van der Waals surface area contributed by atoms with Crippen LogP contribution in [0, 0.1) is 17.2 Å². The number of benzene rings is 1. The molecule has 0 spiro atoms. The molecule has 0 bridgehead atoms. The molecular formula is C15H22N2O2. The molecule has 2 unspecified atom stereocenters. The molecule has 4 nitrogen and oxygen atoms in total. The van der Waals surface area contributed by atoms with Crippen molar-refractivity contribution in [3.8, 4) is 11.8 Å². The van der Waals surface area contributed by atoms with E-state index in [-0.39, 0.29) is 5.92 Å². The first-order valence-corrected chi connectivity index (χ1v) is 6.54. The Labute approximate surface area is 115 Å². The number of aliphatic hydroxyl groups is 1. The van der Waals surface area contributed by atoms with Crippen LogP contribution in [-0.2, 0) is 0 Å². The first kappa shape index (κ1) is 15.5. The lowest BCUT2D eigenvalue weighted by molar-refractivity contribution is 0.111. The standard InChI is InChI=1S/C15H22N2O2/c1-4-17(10-12(2)9-16)11-15(18)13-6-5-7-14(8-13)19-3/h5-8,12,15,18H,4,10-11H2,1-3H3. The van der Waals surface area contributed by atoms with Crippen molar-refractivity contribution >= 4 is 0 Å². The highest BCUT2D eigenvalue weighted by Gasteiger charge is 2.15. The van der Waals surface area contributed by atoms with Crippen molar-refractivity contribution < 1.29 is 9.84 Å². The fraction of sp³-hybridized carbons (Fsp3) is 0.533. The van der Waals surface area contributed by atoms with Gasteiger partial charge in [-0.25, -0.2) is 0 Å². The lowest BCUT2D eigenvalue weighted by Gasteiger charge is -2.24. The molecule has 2 atom stereocenters. The van der Waals surface area contributed by atoms with E-state index in [1.54, 1.807) is 7.11 Å². The van der Waals surface area contributed by atoms with Gasteiger partial charge in [-0.05, 0) is 31.2 Å². The van der Waals surface area contributed by atoms with Gasteiger partial charge in [-0.2, -0.15) is 5.26 Å². The lowest BCUT2D eigenvalue weighted by Crippen LogP contribution is -2.32. The third-order valence-electron chi connectivity index (χ3n) is 3.11. The third kappa shape index (κ3) is 4.90. The first-order chi connectivity index (χ1) is 9.10. The smallest absolute Gasteiger partial charge is 0.119 e. The summed E-state index contributed by atoms with van der Waals surface area (Å²) in [5.41, 5.74) is 0.836. The number of nitrogens with zero attached hydrogens (tertiary/aromatic N) is 2. The normalized spacial score (nSPS) is 13.9. The van der Waals surface area contributed by atoms with Crippen LogP contribution in [0.3, 0.4) is 0 Å². The number of methoxy groups -OCH3 is 1. The highest BCUT2D eigenvalue weighted by atomic mass is 16.5. The molecule has 1 aromatic carbocycles. The van der Waals surface area contributed by atoms with Crippen LogP contribution in [-0.4, -0.2) is 36.8 Å². The van der Waals surface area contributed by atoms with Gasteiger partial charge in [0.15, 0.2) is 0 Å². The van der Waals surface area contributed by atoms with Gasteiger partial charge in [-0.15, -0.1) is 0 Å². The van der Waals surface area contributed by atoms with Crippen LogP contribution in [0.1, 0.15) is 25.5 Å². The van der Waals surface area contributed by atoms with Crippen LogP contribution in [0.2, 0.25) is 0 Å². The molecule has 1 rings (SSSR count). The predicted molar refractivity (Wildman–Crippen MR) is 74.8 cm³/mol. The topological polar surface area (TPSA) is 56.5 Å².